The van der Waals surface area contributed by atoms with Crippen molar-refractivity contribution in [3.8, 4) is 5.75 Å². The molecule has 0 aliphatic carbocycles. The summed E-state index contributed by atoms with van der Waals surface area (Å²) in [5.41, 5.74) is 4.63. The van der Waals surface area contributed by atoms with Crippen LogP contribution in [0.25, 0.3) is 0 Å². The molecule has 0 radical (unpaired) electrons. The standard InChI is InChI=1S/C39H44N2O5/c1-28-12-11-13-30(24-28)27-41(36(42)26-39(2,3)4)22-23-46-32-20-18-29(19-21-32)25-35(38(44)45-5)40-34-17-10-9-16-33(34)37(43)31-14-7-6-8-15-31/h6-21,24,35,40H,22-23,25-27H2,1-5H3/t35-/m0/s1. The maximum absolute atomic E-state index is 13.2. The van der Waals surface area contributed by atoms with Gasteiger partial charge in [0.05, 0.1) is 13.7 Å². The summed E-state index contributed by atoms with van der Waals surface area (Å²) >= 11 is 0. The molecular formula is C39H44N2O5. The Kier molecular flexibility index (Phi) is 11.7. The number of carbonyl (C=O) groups excluding carboxylic acids is 3. The first-order valence-corrected chi connectivity index (χ1v) is 15.6. The maximum Gasteiger partial charge on any atom is 0.328 e. The van der Waals surface area contributed by atoms with Gasteiger partial charge >= 0.3 is 5.97 Å². The van der Waals surface area contributed by atoms with E-state index in [1.165, 1.54) is 7.11 Å². The fourth-order valence-electron chi connectivity index (χ4n) is 5.19. The summed E-state index contributed by atoms with van der Waals surface area (Å²) in [6.45, 7) is 9.58. The number of hydrogen-bond donors (Lipinski definition) is 1. The highest BCUT2D eigenvalue weighted by Gasteiger charge is 2.24. The summed E-state index contributed by atoms with van der Waals surface area (Å²) in [5.74, 6) is 0.201. The zero-order chi connectivity index (χ0) is 33.1. The summed E-state index contributed by atoms with van der Waals surface area (Å²) < 4.78 is 11.1. The normalized spacial score (nSPS) is 11.8. The first-order chi connectivity index (χ1) is 22.0. The number of ether oxygens (including phenoxy) is 2. The van der Waals surface area contributed by atoms with Crippen LogP contribution in [0.1, 0.15) is 59.8 Å². The van der Waals surface area contributed by atoms with Crippen LogP contribution in [0, 0.1) is 12.3 Å². The van der Waals surface area contributed by atoms with E-state index in [9.17, 15) is 14.4 Å². The summed E-state index contributed by atoms with van der Waals surface area (Å²) in [6.07, 6.45) is 0.792. The number of amides is 1. The molecule has 4 rings (SSSR count). The number of carbonyl (C=O) groups is 3. The van der Waals surface area contributed by atoms with E-state index in [1.54, 1.807) is 30.3 Å². The topological polar surface area (TPSA) is 84.9 Å². The van der Waals surface area contributed by atoms with Gasteiger partial charge in [0.2, 0.25) is 5.91 Å². The number of ketones is 1. The number of para-hydroxylation sites is 1. The van der Waals surface area contributed by atoms with Crippen molar-refractivity contribution in [2.24, 2.45) is 5.41 Å². The van der Waals surface area contributed by atoms with Crippen LogP contribution in [0.3, 0.4) is 0 Å². The predicted molar refractivity (Wildman–Crippen MR) is 182 cm³/mol. The molecule has 0 aliphatic heterocycles. The van der Waals surface area contributed by atoms with Crippen molar-refractivity contribution in [1.29, 1.82) is 0 Å². The lowest BCUT2D eigenvalue weighted by atomic mass is 9.91. The molecule has 1 amide bonds. The van der Waals surface area contributed by atoms with Crippen LogP contribution in [0.15, 0.2) is 103 Å². The predicted octanol–water partition coefficient (Wildman–Crippen LogP) is 7.27. The number of aryl methyl sites for hydroxylation is 1. The molecule has 0 spiro atoms. The van der Waals surface area contributed by atoms with Crippen LogP contribution in [0.5, 0.6) is 5.75 Å². The maximum atomic E-state index is 13.2. The molecule has 7 nitrogen and oxygen atoms in total. The summed E-state index contributed by atoms with van der Waals surface area (Å²) in [7, 11) is 1.35. The van der Waals surface area contributed by atoms with Crippen molar-refractivity contribution < 1.29 is 23.9 Å². The van der Waals surface area contributed by atoms with Crippen molar-refractivity contribution in [2.45, 2.75) is 53.1 Å². The van der Waals surface area contributed by atoms with E-state index in [0.29, 0.717) is 55.1 Å². The molecule has 0 aliphatic rings. The van der Waals surface area contributed by atoms with Gasteiger partial charge in [0, 0.05) is 36.2 Å². The van der Waals surface area contributed by atoms with E-state index < -0.39 is 12.0 Å². The molecule has 0 unspecified atom stereocenters. The minimum absolute atomic E-state index is 0.0985. The van der Waals surface area contributed by atoms with Crippen LogP contribution in [-0.4, -0.2) is 48.9 Å². The molecule has 1 atom stereocenters. The SMILES string of the molecule is COC(=O)[C@H](Cc1ccc(OCCN(Cc2cccc(C)c2)C(=O)CC(C)(C)C)cc1)Nc1ccccc1C(=O)c1ccccc1. The molecule has 0 bridgehead atoms. The highest BCUT2D eigenvalue weighted by Crippen LogP contribution is 2.23. The first kappa shape index (κ1) is 34.0. The van der Waals surface area contributed by atoms with E-state index in [4.69, 9.17) is 9.47 Å². The quantitative estimate of drug-likeness (QED) is 0.118. The van der Waals surface area contributed by atoms with Crippen LogP contribution in [-0.2, 0) is 27.3 Å². The Morgan fingerprint density at radius 2 is 1.52 bits per heavy atom. The van der Waals surface area contributed by atoms with Crippen molar-refractivity contribution in [3.05, 3.63) is 131 Å². The van der Waals surface area contributed by atoms with E-state index in [-0.39, 0.29) is 17.1 Å². The molecule has 1 N–H and O–H groups in total. The third-order valence-electron chi connectivity index (χ3n) is 7.51. The highest BCUT2D eigenvalue weighted by atomic mass is 16.5. The van der Waals surface area contributed by atoms with Gasteiger partial charge in [-0.2, -0.15) is 0 Å². The van der Waals surface area contributed by atoms with E-state index in [0.717, 1.165) is 16.7 Å². The van der Waals surface area contributed by atoms with E-state index in [1.807, 2.05) is 78.6 Å². The van der Waals surface area contributed by atoms with Crippen LogP contribution >= 0.6 is 0 Å². The molecular weight excluding hydrogens is 576 g/mol. The molecule has 0 saturated carbocycles. The third-order valence-corrected chi connectivity index (χ3v) is 7.51. The lowest BCUT2D eigenvalue weighted by Gasteiger charge is -2.27. The summed E-state index contributed by atoms with van der Waals surface area (Å²) in [4.78, 5) is 41.1. The number of benzene rings is 4. The van der Waals surface area contributed by atoms with Crippen LogP contribution < -0.4 is 10.1 Å². The van der Waals surface area contributed by atoms with Crippen LogP contribution in [0.4, 0.5) is 5.69 Å². The van der Waals surface area contributed by atoms with E-state index >= 15 is 0 Å². The molecule has 0 heterocycles. The van der Waals surface area contributed by atoms with Crippen molar-refractivity contribution >= 4 is 23.3 Å². The number of methoxy groups -OCH3 is 1. The van der Waals surface area contributed by atoms with E-state index in [2.05, 4.69) is 32.2 Å². The monoisotopic (exact) mass is 620 g/mol. The number of anilines is 1. The Labute approximate surface area is 272 Å². The third kappa shape index (κ3) is 10.1. The van der Waals surface area contributed by atoms with Crippen molar-refractivity contribution in [2.75, 3.05) is 25.6 Å². The fraction of sp³-hybridized carbons (Fsp3) is 0.308. The van der Waals surface area contributed by atoms with Gasteiger partial charge in [0.15, 0.2) is 5.78 Å². The molecule has 4 aromatic carbocycles. The minimum Gasteiger partial charge on any atom is -0.492 e. The molecule has 46 heavy (non-hydrogen) atoms. The van der Waals surface area contributed by atoms with Gasteiger partial charge < -0.3 is 19.7 Å². The second-order valence-corrected chi connectivity index (χ2v) is 12.7. The van der Waals surface area contributed by atoms with Gasteiger partial charge in [0.1, 0.15) is 18.4 Å². The number of rotatable bonds is 14. The van der Waals surface area contributed by atoms with Gasteiger partial charge in [-0.3, -0.25) is 9.59 Å². The van der Waals surface area contributed by atoms with Crippen LogP contribution in [0.2, 0.25) is 0 Å². The highest BCUT2D eigenvalue weighted by molar-refractivity contribution is 6.12. The largest absolute Gasteiger partial charge is 0.492 e. The summed E-state index contributed by atoms with van der Waals surface area (Å²) in [5, 5.41) is 3.24. The molecule has 0 fully saturated rings. The second kappa shape index (κ2) is 15.9. The van der Waals surface area contributed by atoms with Gasteiger partial charge in [-0.05, 0) is 47.7 Å². The smallest absolute Gasteiger partial charge is 0.328 e. The number of esters is 1. The van der Waals surface area contributed by atoms with Crippen molar-refractivity contribution in [3.63, 3.8) is 0 Å². The van der Waals surface area contributed by atoms with Gasteiger partial charge in [-0.15, -0.1) is 0 Å². The molecule has 4 aromatic rings. The number of nitrogens with one attached hydrogen (secondary N) is 1. The van der Waals surface area contributed by atoms with Gasteiger partial charge in [-0.25, -0.2) is 4.79 Å². The molecule has 240 valence electrons. The fourth-order valence-corrected chi connectivity index (χ4v) is 5.19. The lowest BCUT2D eigenvalue weighted by Crippen LogP contribution is -2.36. The Hall–Kier alpha value is -4.91. The summed E-state index contributed by atoms with van der Waals surface area (Å²) in [6, 6.07) is 31.2. The van der Waals surface area contributed by atoms with Gasteiger partial charge in [-0.1, -0.05) is 105 Å². The lowest BCUT2D eigenvalue weighted by molar-refractivity contribution is -0.141. The molecule has 0 aromatic heterocycles. The number of nitrogens with zero attached hydrogens (tertiary/aromatic N) is 1. The average Bonchev–Trinajstić information content (AvgIpc) is 3.04. The Balaban J connectivity index is 1.40. The minimum atomic E-state index is -0.717. The Morgan fingerprint density at radius 1 is 0.826 bits per heavy atom. The first-order valence-electron chi connectivity index (χ1n) is 15.6. The second-order valence-electron chi connectivity index (χ2n) is 12.7. The number of hydrogen-bond acceptors (Lipinski definition) is 6. The molecule has 7 heteroatoms. The average molecular weight is 621 g/mol. The zero-order valence-electron chi connectivity index (χ0n) is 27.4. The van der Waals surface area contributed by atoms with Crippen molar-refractivity contribution in [1.82, 2.24) is 4.90 Å². The Bertz CT molecular complexity index is 1610. The molecule has 0 saturated heterocycles. The zero-order valence-corrected chi connectivity index (χ0v) is 27.4. The van der Waals surface area contributed by atoms with Gasteiger partial charge in [0.25, 0.3) is 0 Å². The Morgan fingerprint density at radius 3 is 2.20 bits per heavy atom.